The third kappa shape index (κ3) is 5.93. The van der Waals surface area contributed by atoms with Crippen molar-refractivity contribution in [2.24, 2.45) is 0 Å². The molecule has 0 atom stereocenters. The summed E-state index contributed by atoms with van der Waals surface area (Å²) in [6.45, 7) is 0. The van der Waals surface area contributed by atoms with Crippen LogP contribution < -0.4 is 20.1 Å². The number of nitrogens with one attached hydrogen (secondary N) is 2. The number of hydrogen-bond donors (Lipinski definition) is 2. The summed E-state index contributed by atoms with van der Waals surface area (Å²) in [7, 11) is 3.15. The van der Waals surface area contributed by atoms with Crippen LogP contribution in [0.2, 0.25) is 0 Å². The van der Waals surface area contributed by atoms with E-state index in [1.807, 2.05) is 24.3 Å². The van der Waals surface area contributed by atoms with Crippen LogP contribution in [-0.2, 0) is 4.79 Å². The Morgan fingerprint density at radius 3 is 2.21 bits per heavy atom. The van der Waals surface area contributed by atoms with E-state index in [-0.39, 0.29) is 5.75 Å². The Morgan fingerprint density at radius 1 is 0.966 bits per heavy atom. The normalized spacial score (nSPS) is 10.3. The van der Waals surface area contributed by atoms with Crippen LogP contribution in [0.3, 0.4) is 0 Å². The number of hydrogen-bond acceptors (Lipinski definition) is 9. The minimum Gasteiger partial charge on any atom is -0.497 e. The van der Waals surface area contributed by atoms with Gasteiger partial charge in [0.25, 0.3) is 5.91 Å². The number of benzene rings is 2. The molecule has 3 aromatic rings. The van der Waals surface area contributed by atoms with Gasteiger partial charge in [0.2, 0.25) is 11.0 Å². The standard InChI is InChI=1S/C19H18N4O4S2/c1-26-14-7-3-12(4-8-14)17(25)21-16(24)11-28-19-23-22-18(29-19)20-13-5-9-15(27-2)10-6-13/h3-10H,11H2,1-2H3,(H,20,22)(H,21,24,25). The lowest BCUT2D eigenvalue weighted by molar-refractivity contribution is -0.117. The predicted molar refractivity (Wildman–Crippen MR) is 112 cm³/mol. The van der Waals surface area contributed by atoms with Gasteiger partial charge in [-0.1, -0.05) is 23.1 Å². The smallest absolute Gasteiger partial charge is 0.257 e. The average molecular weight is 431 g/mol. The van der Waals surface area contributed by atoms with Crippen molar-refractivity contribution in [2.75, 3.05) is 25.3 Å². The van der Waals surface area contributed by atoms with Crippen LogP contribution >= 0.6 is 23.1 Å². The van der Waals surface area contributed by atoms with Crippen molar-refractivity contribution < 1.29 is 19.1 Å². The first-order valence-corrected chi connectivity index (χ1v) is 10.2. The molecule has 0 aliphatic rings. The van der Waals surface area contributed by atoms with Crippen LogP contribution in [0.1, 0.15) is 10.4 Å². The summed E-state index contributed by atoms with van der Waals surface area (Å²) in [6.07, 6.45) is 0. The molecule has 0 unspecified atom stereocenters. The topological polar surface area (TPSA) is 102 Å². The van der Waals surface area contributed by atoms with Gasteiger partial charge in [-0.05, 0) is 48.5 Å². The monoisotopic (exact) mass is 430 g/mol. The van der Waals surface area contributed by atoms with Crippen LogP contribution in [-0.4, -0.2) is 42.0 Å². The summed E-state index contributed by atoms with van der Waals surface area (Å²) in [4.78, 5) is 24.1. The van der Waals surface area contributed by atoms with Crippen molar-refractivity contribution in [3.63, 3.8) is 0 Å². The molecule has 2 aromatic carbocycles. The molecule has 2 N–H and O–H groups in total. The molecule has 150 valence electrons. The fourth-order valence-electron chi connectivity index (χ4n) is 2.22. The summed E-state index contributed by atoms with van der Waals surface area (Å²) < 4.78 is 10.8. The van der Waals surface area contributed by atoms with Crippen LogP contribution in [0.25, 0.3) is 0 Å². The molecule has 2 amide bonds. The second-order valence-corrected chi connectivity index (χ2v) is 7.82. The molecule has 0 fully saturated rings. The van der Waals surface area contributed by atoms with Crippen molar-refractivity contribution in [1.82, 2.24) is 15.5 Å². The Morgan fingerprint density at radius 2 is 1.59 bits per heavy atom. The highest BCUT2D eigenvalue weighted by atomic mass is 32.2. The summed E-state index contributed by atoms with van der Waals surface area (Å²) in [5.74, 6) is 0.588. The van der Waals surface area contributed by atoms with Crippen LogP contribution in [0.5, 0.6) is 11.5 Å². The van der Waals surface area contributed by atoms with Gasteiger partial charge in [-0.25, -0.2) is 0 Å². The number of thioether (sulfide) groups is 1. The summed E-state index contributed by atoms with van der Waals surface area (Å²) >= 11 is 2.53. The average Bonchev–Trinajstić information content (AvgIpc) is 3.20. The highest BCUT2D eigenvalue weighted by Crippen LogP contribution is 2.28. The number of carbonyl (C=O) groups excluding carboxylic acids is 2. The van der Waals surface area contributed by atoms with Gasteiger partial charge in [-0.3, -0.25) is 14.9 Å². The van der Waals surface area contributed by atoms with E-state index in [0.717, 1.165) is 11.4 Å². The van der Waals surface area contributed by atoms with Crippen LogP contribution in [0.15, 0.2) is 52.9 Å². The zero-order valence-electron chi connectivity index (χ0n) is 15.7. The van der Waals surface area contributed by atoms with Crippen molar-refractivity contribution in [2.45, 2.75) is 4.34 Å². The SMILES string of the molecule is COc1ccc(Nc2nnc(SCC(=O)NC(=O)c3ccc(OC)cc3)s2)cc1. The molecule has 0 aliphatic carbocycles. The molecule has 10 heteroatoms. The first-order valence-electron chi connectivity index (χ1n) is 8.43. The van der Waals surface area contributed by atoms with Gasteiger partial charge >= 0.3 is 0 Å². The van der Waals surface area contributed by atoms with Gasteiger partial charge in [-0.2, -0.15) is 0 Å². The zero-order chi connectivity index (χ0) is 20.6. The van der Waals surface area contributed by atoms with Gasteiger partial charge in [0, 0.05) is 11.3 Å². The third-order valence-corrected chi connectivity index (χ3v) is 5.65. The van der Waals surface area contributed by atoms with Gasteiger partial charge in [-0.15, -0.1) is 10.2 Å². The first kappa shape index (κ1) is 20.6. The van der Waals surface area contributed by atoms with E-state index in [1.165, 1.54) is 23.1 Å². The summed E-state index contributed by atoms with van der Waals surface area (Å²) in [6, 6.07) is 13.9. The third-order valence-electron chi connectivity index (χ3n) is 3.68. The van der Waals surface area contributed by atoms with E-state index in [9.17, 15) is 9.59 Å². The maximum absolute atomic E-state index is 12.1. The number of anilines is 2. The number of imide groups is 1. The van der Waals surface area contributed by atoms with Crippen molar-refractivity contribution >= 4 is 45.7 Å². The van der Waals surface area contributed by atoms with Crippen molar-refractivity contribution in [3.8, 4) is 11.5 Å². The predicted octanol–water partition coefficient (Wildman–Crippen LogP) is 3.35. The number of aromatic nitrogens is 2. The second-order valence-electron chi connectivity index (χ2n) is 5.62. The Balaban J connectivity index is 1.48. The fraction of sp³-hybridized carbons (Fsp3) is 0.158. The number of ether oxygens (including phenoxy) is 2. The van der Waals surface area contributed by atoms with Crippen molar-refractivity contribution in [3.05, 3.63) is 54.1 Å². The number of carbonyl (C=O) groups is 2. The maximum Gasteiger partial charge on any atom is 0.257 e. The maximum atomic E-state index is 12.1. The molecular weight excluding hydrogens is 412 g/mol. The lowest BCUT2D eigenvalue weighted by Gasteiger charge is -2.04. The molecule has 0 saturated heterocycles. The molecule has 8 nitrogen and oxygen atoms in total. The molecule has 0 aliphatic heterocycles. The Bertz CT molecular complexity index is 975. The highest BCUT2D eigenvalue weighted by molar-refractivity contribution is 8.01. The van der Waals surface area contributed by atoms with E-state index < -0.39 is 11.8 Å². The lowest BCUT2D eigenvalue weighted by atomic mass is 10.2. The first-order chi connectivity index (χ1) is 14.1. The molecular formula is C19H18N4O4S2. The largest absolute Gasteiger partial charge is 0.497 e. The van der Waals surface area contributed by atoms with E-state index in [4.69, 9.17) is 9.47 Å². The quantitative estimate of drug-likeness (QED) is 0.525. The molecule has 0 radical (unpaired) electrons. The lowest BCUT2D eigenvalue weighted by Crippen LogP contribution is -2.31. The molecule has 29 heavy (non-hydrogen) atoms. The molecule has 1 heterocycles. The van der Waals surface area contributed by atoms with Gasteiger partial charge < -0.3 is 14.8 Å². The summed E-state index contributed by atoms with van der Waals surface area (Å²) in [5, 5.41) is 14.2. The number of nitrogens with zero attached hydrogens (tertiary/aromatic N) is 2. The molecule has 0 spiro atoms. The van der Waals surface area contributed by atoms with Gasteiger partial charge in [0.15, 0.2) is 4.34 Å². The molecule has 0 bridgehead atoms. The zero-order valence-corrected chi connectivity index (χ0v) is 17.3. The minimum atomic E-state index is -0.461. The Hall–Kier alpha value is -3.11. The second kappa shape index (κ2) is 9.89. The van der Waals surface area contributed by atoms with E-state index in [0.29, 0.717) is 20.8 Å². The minimum absolute atomic E-state index is 0.0546. The number of amides is 2. The molecule has 3 rings (SSSR count). The van der Waals surface area contributed by atoms with E-state index in [2.05, 4.69) is 20.8 Å². The Kier molecular flexibility index (Phi) is 7.04. The fourth-order valence-corrected chi connectivity index (χ4v) is 3.79. The van der Waals surface area contributed by atoms with Crippen LogP contribution in [0.4, 0.5) is 10.8 Å². The van der Waals surface area contributed by atoms with Gasteiger partial charge in [0.05, 0.1) is 20.0 Å². The molecule has 1 aromatic heterocycles. The van der Waals surface area contributed by atoms with E-state index >= 15 is 0 Å². The van der Waals surface area contributed by atoms with Gasteiger partial charge in [0.1, 0.15) is 11.5 Å². The summed E-state index contributed by atoms with van der Waals surface area (Å²) in [5.41, 5.74) is 1.23. The number of methoxy groups -OCH3 is 2. The van der Waals surface area contributed by atoms with Crippen molar-refractivity contribution in [1.29, 1.82) is 0 Å². The van der Waals surface area contributed by atoms with Crippen LogP contribution in [0, 0.1) is 0 Å². The Labute approximate surface area is 175 Å². The van der Waals surface area contributed by atoms with E-state index in [1.54, 1.807) is 38.5 Å². The highest BCUT2D eigenvalue weighted by Gasteiger charge is 2.13. The number of rotatable bonds is 8. The molecule has 0 saturated carbocycles.